The first-order valence-corrected chi connectivity index (χ1v) is 9.35. The van der Waals surface area contributed by atoms with Crippen LogP contribution in [0.2, 0.25) is 0 Å². The van der Waals surface area contributed by atoms with Gasteiger partial charge in [-0.25, -0.2) is 8.42 Å². The fourth-order valence-electron chi connectivity index (χ4n) is 2.82. The van der Waals surface area contributed by atoms with Crippen LogP contribution in [0.25, 0.3) is 0 Å². The molecule has 9 heteroatoms. The van der Waals surface area contributed by atoms with E-state index in [-0.39, 0.29) is 6.61 Å². The van der Waals surface area contributed by atoms with Gasteiger partial charge < -0.3 is 4.74 Å². The lowest BCUT2D eigenvalue weighted by molar-refractivity contribution is -0.144. The maximum Gasteiger partial charge on any atom is 0.511 e. The molecule has 2 rings (SSSR count). The van der Waals surface area contributed by atoms with E-state index in [1.54, 1.807) is 25.1 Å². The molecule has 1 aromatic rings. The summed E-state index contributed by atoms with van der Waals surface area (Å²) in [4.78, 5) is 12.0. The Balaban J connectivity index is 2.34. The molecule has 0 aliphatic carbocycles. The molecular weight excluding hydrogens is 359 g/mol. The molecule has 0 amide bonds. The van der Waals surface area contributed by atoms with Crippen LogP contribution in [0.15, 0.2) is 18.2 Å². The summed E-state index contributed by atoms with van der Waals surface area (Å²) in [5, 5.41) is 0. The molecule has 25 heavy (non-hydrogen) atoms. The number of benzene rings is 1. The third kappa shape index (κ3) is 3.98. The van der Waals surface area contributed by atoms with E-state index in [9.17, 15) is 26.4 Å². The second-order valence-corrected chi connectivity index (χ2v) is 7.81. The van der Waals surface area contributed by atoms with E-state index in [1.165, 1.54) is 0 Å². The number of halogens is 3. The van der Waals surface area contributed by atoms with Crippen LogP contribution in [0, 0.1) is 6.92 Å². The van der Waals surface area contributed by atoms with Crippen LogP contribution in [0.5, 0.6) is 0 Å². The number of alkyl halides is 3. The van der Waals surface area contributed by atoms with E-state index in [1.807, 2.05) is 6.92 Å². The first-order valence-electron chi connectivity index (χ1n) is 7.91. The van der Waals surface area contributed by atoms with Crippen LogP contribution >= 0.6 is 0 Å². The van der Waals surface area contributed by atoms with Gasteiger partial charge in [0, 0.05) is 6.54 Å². The third-order valence-corrected chi connectivity index (χ3v) is 5.78. The number of hydrogen-bond acceptors (Lipinski definition) is 4. The van der Waals surface area contributed by atoms with Crippen molar-refractivity contribution in [2.24, 2.45) is 0 Å². The Morgan fingerprint density at radius 2 is 2.04 bits per heavy atom. The van der Waals surface area contributed by atoms with E-state index in [0.717, 1.165) is 6.42 Å². The Kier molecular flexibility index (Phi) is 5.78. The zero-order valence-electron chi connectivity index (χ0n) is 14.0. The highest BCUT2D eigenvalue weighted by Crippen LogP contribution is 2.43. The molecular formula is C16H20F3NO4S. The van der Waals surface area contributed by atoms with Gasteiger partial charge in [-0.3, -0.25) is 4.79 Å². The number of ether oxygens (including phenoxy) is 1. The van der Waals surface area contributed by atoms with Crippen LogP contribution in [-0.2, 0) is 26.1 Å². The van der Waals surface area contributed by atoms with Crippen molar-refractivity contribution in [3.8, 4) is 0 Å². The van der Waals surface area contributed by atoms with Crippen molar-refractivity contribution in [2.75, 3.05) is 6.61 Å². The van der Waals surface area contributed by atoms with Gasteiger partial charge in [0.2, 0.25) is 0 Å². The summed E-state index contributed by atoms with van der Waals surface area (Å²) in [5.74, 6) is -0.713. The summed E-state index contributed by atoms with van der Waals surface area (Å²) in [6.45, 7) is 3.35. The smallest absolute Gasteiger partial charge is 0.466 e. The Morgan fingerprint density at radius 3 is 2.64 bits per heavy atom. The molecule has 140 valence electrons. The summed E-state index contributed by atoms with van der Waals surface area (Å²) in [5.41, 5.74) is -3.82. The number of esters is 1. The fraction of sp³-hybridized carbons (Fsp3) is 0.562. The standard InChI is InChI=1S/C16H20F3NO4S/c1-3-4-8-24-15(21)9-14-12-7-5-6-11(2)13(12)10-20(14)25(22,23)16(17,18)19/h5-7,14H,3-4,8-10H2,1-2H3. The monoisotopic (exact) mass is 379 g/mol. The van der Waals surface area contributed by atoms with Crippen molar-refractivity contribution in [3.63, 3.8) is 0 Å². The van der Waals surface area contributed by atoms with Crippen LogP contribution in [0.1, 0.15) is 48.9 Å². The van der Waals surface area contributed by atoms with Gasteiger partial charge in [-0.05, 0) is 30.0 Å². The zero-order chi connectivity index (χ0) is 18.8. The average molecular weight is 379 g/mol. The highest BCUT2D eigenvalue weighted by molar-refractivity contribution is 7.90. The second-order valence-electron chi connectivity index (χ2n) is 5.93. The van der Waals surface area contributed by atoms with Crippen molar-refractivity contribution in [1.29, 1.82) is 0 Å². The van der Waals surface area contributed by atoms with E-state index in [4.69, 9.17) is 4.74 Å². The predicted octanol–water partition coefficient (Wildman–Crippen LogP) is 3.43. The number of carbonyl (C=O) groups excluding carboxylic acids is 1. The highest BCUT2D eigenvalue weighted by Gasteiger charge is 2.54. The van der Waals surface area contributed by atoms with Gasteiger partial charge >= 0.3 is 21.5 Å². The van der Waals surface area contributed by atoms with Gasteiger partial charge in [-0.2, -0.15) is 17.5 Å². The molecule has 0 fully saturated rings. The molecule has 1 unspecified atom stereocenters. The minimum Gasteiger partial charge on any atom is -0.466 e. The number of carbonyl (C=O) groups is 1. The summed E-state index contributed by atoms with van der Waals surface area (Å²) >= 11 is 0. The van der Waals surface area contributed by atoms with E-state index in [2.05, 4.69) is 0 Å². The normalized spacial score (nSPS) is 18.2. The van der Waals surface area contributed by atoms with Crippen LogP contribution in [0.3, 0.4) is 0 Å². The molecule has 1 atom stereocenters. The second kappa shape index (κ2) is 7.33. The molecule has 1 aliphatic rings. The van der Waals surface area contributed by atoms with Crippen molar-refractivity contribution >= 4 is 16.0 Å². The first-order chi connectivity index (χ1) is 11.6. The zero-order valence-corrected chi connectivity index (χ0v) is 14.8. The largest absolute Gasteiger partial charge is 0.511 e. The van der Waals surface area contributed by atoms with Crippen molar-refractivity contribution < 1.29 is 31.1 Å². The molecule has 1 aromatic carbocycles. The van der Waals surface area contributed by atoms with Crippen molar-refractivity contribution in [3.05, 3.63) is 34.9 Å². The van der Waals surface area contributed by atoms with Gasteiger partial charge in [-0.15, -0.1) is 0 Å². The molecule has 0 spiro atoms. The Morgan fingerprint density at radius 1 is 1.36 bits per heavy atom. The first kappa shape index (κ1) is 19.7. The molecule has 0 bridgehead atoms. The predicted molar refractivity (Wildman–Crippen MR) is 84.9 cm³/mol. The molecule has 0 N–H and O–H groups in total. The maximum atomic E-state index is 13.0. The number of unbranched alkanes of at least 4 members (excludes halogenated alkanes) is 1. The number of nitrogens with zero attached hydrogens (tertiary/aromatic N) is 1. The van der Waals surface area contributed by atoms with E-state index < -0.39 is 40.5 Å². The summed E-state index contributed by atoms with van der Waals surface area (Å²) in [6.07, 6.45) is 0.986. The van der Waals surface area contributed by atoms with E-state index >= 15 is 0 Å². The highest BCUT2D eigenvalue weighted by atomic mass is 32.2. The van der Waals surface area contributed by atoms with Gasteiger partial charge in [0.25, 0.3) is 0 Å². The molecule has 5 nitrogen and oxygen atoms in total. The number of rotatable bonds is 6. The molecule has 1 heterocycles. The van der Waals surface area contributed by atoms with Crippen LogP contribution in [0.4, 0.5) is 13.2 Å². The Hall–Kier alpha value is -1.61. The molecule has 0 aromatic heterocycles. The third-order valence-electron chi connectivity index (χ3n) is 4.19. The van der Waals surface area contributed by atoms with Gasteiger partial charge in [0.05, 0.1) is 19.1 Å². The number of sulfonamides is 1. The van der Waals surface area contributed by atoms with Gasteiger partial charge in [0.1, 0.15) is 0 Å². The average Bonchev–Trinajstić information content (AvgIpc) is 2.87. The fourth-order valence-corrected chi connectivity index (χ4v) is 3.91. The minimum atomic E-state index is -5.56. The molecule has 0 radical (unpaired) electrons. The van der Waals surface area contributed by atoms with E-state index in [0.29, 0.717) is 27.4 Å². The summed E-state index contributed by atoms with van der Waals surface area (Å²) < 4.78 is 68.3. The SMILES string of the molecule is CCCCOC(=O)CC1c2cccc(C)c2CN1S(=O)(=O)C(F)(F)F. The molecule has 1 aliphatic heterocycles. The van der Waals surface area contributed by atoms with Gasteiger partial charge in [-0.1, -0.05) is 31.5 Å². The minimum absolute atomic E-state index is 0.161. The number of aryl methyl sites for hydroxylation is 1. The lowest BCUT2D eigenvalue weighted by Gasteiger charge is -2.24. The lowest BCUT2D eigenvalue weighted by Crippen LogP contribution is -2.40. The Bertz CT molecular complexity index is 746. The van der Waals surface area contributed by atoms with Crippen molar-refractivity contribution in [1.82, 2.24) is 4.31 Å². The maximum absolute atomic E-state index is 13.0. The van der Waals surface area contributed by atoms with Crippen LogP contribution in [-0.4, -0.2) is 30.8 Å². The molecule has 0 saturated carbocycles. The Labute approximate surface area is 144 Å². The lowest BCUT2D eigenvalue weighted by atomic mass is 9.99. The number of hydrogen-bond donors (Lipinski definition) is 0. The van der Waals surface area contributed by atoms with Crippen LogP contribution < -0.4 is 0 Å². The molecule has 0 saturated heterocycles. The summed E-state index contributed by atoms with van der Waals surface area (Å²) in [6, 6.07) is 3.67. The quantitative estimate of drug-likeness (QED) is 0.561. The van der Waals surface area contributed by atoms with Crippen molar-refractivity contribution in [2.45, 2.75) is 51.2 Å². The topological polar surface area (TPSA) is 63.7 Å². The summed E-state index contributed by atoms with van der Waals surface area (Å²) in [7, 11) is -5.56. The van der Waals surface area contributed by atoms with Gasteiger partial charge in [0.15, 0.2) is 0 Å². The number of fused-ring (bicyclic) bond motifs is 1.